The van der Waals surface area contributed by atoms with Gasteiger partial charge in [0.25, 0.3) is 0 Å². The van der Waals surface area contributed by atoms with Crippen LogP contribution >= 0.6 is 23.1 Å². The van der Waals surface area contributed by atoms with Crippen molar-refractivity contribution in [2.45, 2.75) is 44.5 Å². The van der Waals surface area contributed by atoms with Crippen LogP contribution in [-0.2, 0) is 20.7 Å². The Morgan fingerprint density at radius 1 is 1.43 bits per heavy atom. The highest BCUT2D eigenvalue weighted by molar-refractivity contribution is 8.01. The Hall–Kier alpha value is -1.08. The van der Waals surface area contributed by atoms with Crippen LogP contribution in [0.25, 0.3) is 0 Å². The predicted molar refractivity (Wildman–Crippen MR) is 85.6 cm³/mol. The van der Waals surface area contributed by atoms with Crippen LogP contribution in [0.5, 0.6) is 0 Å². The average Bonchev–Trinajstić information content (AvgIpc) is 2.84. The van der Waals surface area contributed by atoms with Crippen LogP contribution in [-0.4, -0.2) is 35.3 Å². The van der Waals surface area contributed by atoms with Gasteiger partial charge in [0.2, 0.25) is 5.91 Å². The van der Waals surface area contributed by atoms with Crippen LogP contribution in [0, 0.1) is 5.92 Å². The lowest BCUT2D eigenvalue weighted by molar-refractivity contribution is -0.142. The van der Waals surface area contributed by atoms with Crippen molar-refractivity contribution in [1.29, 1.82) is 0 Å². The lowest BCUT2D eigenvalue weighted by Crippen LogP contribution is -2.37. The van der Waals surface area contributed by atoms with Crippen molar-refractivity contribution in [2.75, 3.05) is 12.4 Å². The number of hydrogen-bond donors (Lipinski definition) is 1. The Balaban J connectivity index is 2.38. The number of thioether (sulfide) groups is 1. The van der Waals surface area contributed by atoms with E-state index in [4.69, 9.17) is 4.74 Å². The van der Waals surface area contributed by atoms with E-state index in [2.05, 4.69) is 24.1 Å². The number of rotatable bonds is 8. The molecule has 7 heteroatoms. The maximum atomic E-state index is 11.8. The van der Waals surface area contributed by atoms with E-state index in [0.717, 1.165) is 4.34 Å². The molecule has 0 saturated heterocycles. The van der Waals surface area contributed by atoms with Crippen LogP contribution in [0.1, 0.15) is 33.4 Å². The molecule has 1 rings (SSSR count). The molecular weight excluding hydrogens is 308 g/mol. The van der Waals surface area contributed by atoms with Gasteiger partial charge in [0.05, 0.1) is 24.5 Å². The summed E-state index contributed by atoms with van der Waals surface area (Å²) < 4.78 is 5.67. The largest absolute Gasteiger partial charge is 0.466 e. The highest BCUT2D eigenvalue weighted by Gasteiger charge is 2.13. The van der Waals surface area contributed by atoms with Crippen molar-refractivity contribution >= 4 is 35.0 Å². The summed E-state index contributed by atoms with van der Waals surface area (Å²) in [4.78, 5) is 27.4. The minimum absolute atomic E-state index is 0.00310. The van der Waals surface area contributed by atoms with E-state index in [1.54, 1.807) is 6.92 Å². The molecule has 0 aliphatic carbocycles. The summed E-state index contributed by atoms with van der Waals surface area (Å²) >= 11 is 2.83. The zero-order chi connectivity index (χ0) is 15.8. The summed E-state index contributed by atoms with van der Waals surface area (Å²) in [5, 5.41) is 4.78. The van der Waals surface area contributed by atoms with Gasteiger partial charge in [-0.25, -0.2) is 4.98 Å². The van der Waals surface area contributed by atoms with Crippen LogP contribution < -0.4 is 5.32 Å². The third-order valence-corrected chi connectivity index (χ3v) is 4.95. The van der Waals surface area contributed by atoms with Gasteiger partial charge in [0, 0.05) is 11.4 Å². The normalized spacial score (nSPS) is 12.2. The summed E-state index contributed by atoms with van der Waals surface area (Å²) in [6.45, 7) is 8.28. The lowest BCUT2D eigenvalue weighted by atomic mass is 10.1. The van der Waals surface area contributed by atoms with Crippen molar-refractivity contribution in [3.05, 3.63) is 11.1 Å². The van der Waals surface area contributed by atoms with Gasteiger partial charge in [-0.15, -0.1) is 11.3 Å². The van der Waals surface area contributed by atoms with Gasteiger partial charge in [-0.1, -0.05) is 25.6 Å². The first-order chi connectivity index (χ1) is 9.92. The molecule has 0 unspecified atom stereocenters. The van der Waals surface area contributed by atoms with Gasteiger partial charge in [0.1, 0.15) is 0 Å². The van der Waals surface area contributed by atoms with Gasteiger partial charge < -0.3 is 10.1 Å². The van der Waals surface area contributed by atoms with Crippen molar-refractivity contribution in [1.82, 2.24) is 10.3 Å². The van der Waals surface area contributed by atoms with E-state index in [0.29, 0.717) is 24.0 Å². The molecule has 1 N–H and O–H groups in total. The van der Waals surface area contributed by atoms with E-state index in [1.165, 1.54) is 23.1 Å². The summed E-state index contributed by atoms with van der Waals surface area (Å²) in [5.74, 6) is 0.477. The van der Waals surface area contributed by atoms with Crippen molar-refractivity contribution in [3.63, 3.8) is 0 Å². The standard InChI is InChI=1S/C14H22N2O3S2/c1-5-19-13(18)6-11-7-20-14(16-11)21-8-12(17)15-10(4)9(2)3/h7,9-10H,5-6,8H2,1-4H3,(H,15,17)/t10-/m0/s1. The topological polar surface area (TPSA) is 68.3 Å². The van der Waals surface area contributed by atoms with Crippen molar-refractivity contribution < 1.29 is 14.3 Å². The van der Waals surface area contributed by atoms with E-state index >= 15 is 0 Å². The monoisotopic (exact) mass is 330 g/mol. The number of carbonyl (C=O) groups is 2. The number of esters is 1. The van der Waals surface area contributed by atoms with Gasteiger partial charge in [0.15, 0.2) is 4.34 Å². The highest BCUT2D eigenvalue weighted by atomic mass is 32.2. The summed E-state index contributed by atoms with van der Waals surface area (Å²) in [5.41, 5.74) is 0.692. The molecule has 0 fully saturated rings. The van der Waals surface area contributed by atoms with Crippen molar-refractivity contribution in [3.8, 4) is 0 Å². The minimum Gasteiger partial charge on any atom is -0.466 e. The third-order valence-electron chi connectivity index (χ3n) is 2.88. The molecule has 0 spiro atoms. The molecule has 21 heavy (non-hydrogen) atoms. The Morgan fingerprint density at radius 3 is 2.76 bits per heavy atom. The van der Waals surface area contributed by atoms with Gasteiger partial charge >= 0.3 is 5.97 Å². The predicted octanol–water partition coefficient (Wildman–Crippen LogP) is 2.50. The van der Waals surface area contributed by atoms with E-state index in [1.807, 2.05) is 12.3 Å². The second kappa shape index (κ2) is 9.04. The second-order valence-electron chi connectivity index (χ2n) is 4.98. The number of ether oxygens (including phenoxy) is 1. The SMILES string of the molecule is CCOC(=O)Cc1csc(SCC(=O)N[C@@H](C)C(C)C)n1. The molecular formula is C14H22N2O3S2. The molecule has 0 bridgehead atoms. The van der Waals surface area contributed by atoms with Crippen LogP contribution in [0.15, 0.2) is 9.72 Å². The summed E-state index contributed by atoms with van der Waals surface area (Å²) in [6, 6.07) is 0.161. The average molecular weight is 330 g/mol. The lowest BCUT2D eigenvalue weighted by Gasteiger charge is -2.16. The van der Waals surface area contributed by atoms with E-state index < -0.39 is 0 Å². The fourth-order valence-electron chi connectivity index (χ4n) is 1.39. The van der Waals surface area contributed by atoms with Gasteiger partial charge in [-0.3, -0.25) is 9.59 Å². The molecule has 0 radical (unpaired) electrons. The number of amides is 1. The third kappa shape index (κ3) is 6.95. The Morgan fingerprint density at radius 2 is 2.14 bits per heavy atom. The molecule has 1 aromatic heterocycles. The zero-order valence-corrected chi connectivity index (χ0v) is 14.5. The van der Waals surface area contributed by atoms with Gasteiger partial charge in [-0.05, 0) is 19.8 Å². The number of hydrogen-bond acceptors (Lipinski definition) is 6. The number of nitrogens with zero attached hydrogens (tertiary/aromatic N) is 1. The van der Waals surface area contributed by atoms with Crippen LogP contribution in [0.4, 0.5) is 0 Å². The summed E-state index contributed by atoms with van der Waals surface area (Å²) in [6.07, 6.45) is 0.182. The van der Waals surface area contributed by atoms with E-state index in [9.17, 15) is 9.59 Å². The molecule has 1 heterocycles. The zero-order valence-electron chi connectivity index (χ0n) is 12.8. The Labute approximate surface area is 133 Å². The Bertz CT molecular complexity index is 475. The first-order valence-corrected chi connectivity index (χ1v) is 8.81. The number of carbonyl (C=O) groups excluding carboxylic acids is 2. The molecule has 0 aromatic carbocycles. The molecule has 0 saturated carbocycles. The molecule has 0 aliphatic heterocycles. The Kier molecular flexibility index (Phi) is 7.74. The number of nitrogens with one attached hydrogen (secondary N) is 1. The van der Waals surface area contributed by atoms with Crippen LogP contribution in [0.2, 0.25) is 0 Å². The molecule has 118 valence electrons. The quantitative estimate of drug-likeness (QED) is 0.586. The maximum absolute atomic E-state index is 11.8. The molecule has 1 atom stereocenters. The molecule has 1 aromatic rings. The van der Waals surface area contributed by atoms with Gasteiger partial charge in [-0.2, -0.15) is 0 Å². The second-order valence-corrected chi connectivity index (χ2v) is 7.06. The first kappa shape index (κ1) is 18.0. The number of thiazole rings is 1. The fraction of sp³-hybridized carbons (Fsp3) is 0.643. The molecule has 5 nitrogen and oxygen atoms in total. The minimum atomic E-state index is -0.275. The highest BCUT2D eigenvalue weighted by Crippen LogP contribution is 2.22. The van der Waals surface area contributed by atoms with Crippen molar-refractivity contribution in [2.24, 2.45) is 5.92 Å². The smallest absolute Gasteiger partial charge is 0.311 e. The fourth-order valence-corrected chi connectivity index (χ4v) is 3.04. The van der Waals surface area contributed by atoms with E-state index in [-0.39, 0.29) is 24.3 Å². The number of aromatic nitrogens is 1. The first-order valence-electron chi connectivity index (χ1n) is 6.94. The summed E-state index contributed by atoms with van der Waals surface area (Å²) in [7, 11) is 0. The molecule has 1 amide bonds. The van der Waals surface area contributed by atoms with Crippen LogP contribution in [0.3, 0.4) is 0 Å². The maximum Gasteiger partial charge on any atom is 0.311 e. The molecule has 0 aliphatic rings.